The second-order valence-electron chi connectivity index (χ2n) is 23.0. The fourth-order valence-corrected chi connectivity index (χ4v) is 15.8. The minimum Gasteiger partial charge on any atom is -0.375 e. The van der Waals surface area contributed by atoms with Crippen molar-refractivity contribution in [3.63, 3.8) is 0 Å². The number of anilines is 6. The summed E-state index contributed by atoms with van der Waals surface area (Å²) in [4.78, 5) is 72.4. The Morgan fingerprint density at radius 1 is 0.400 bits per heavy atom. The number of nitrogens with zero attached hydrogens (tertiary/aromatic N) is 12. The van der Waals surface area contributed by atoms with Crippen molar-refractivity contribution in [3.05, 3.63) is 179 Å². The molecule has 0 unspecified atom stereocenters. The Morgan fingerprint density at radius 3 is 1.32 bits per heavy atom. The van der Waals surface area contributed by atoms with E-state index < -0.39 is 34.9 Å². The van der Waals surface area contributed by atoms with Crippen molar-refractivity contribution in [1.29, 1.82) is 0 Å². The molecule has 3 aliphatic rings. The van der Waals surface area contributed by atoms with E-state index in [-0.39, 0.29) is 97.6 Å². The largest absolute Gasteiger partial charge is 0.375 e. The molecular formula is C69H53Cl3F7N15O3S3. The molecule has 18 nitrogen and oxygen atoms in total. The van der Waals surface area contributed by atoms with Gasteiger partial charge in [0.25, 0.3) is 0 Å². The summed E-state index contributed by atoms with van der Waals surface area (Å²) in [5, 5.41) is 2.62. The van der Waals surface area contributed by atoms with Crippen molar-refractivity contribution in [1.82, 2.24) is 44.6 Å². The number of pyridine rings is 3. The number of piperazine rings is 3. The number of halogens is 10. The zero-order valence-electron chi connectivity index (χ0n) is 52.2. The van der Waals surface area contributed by atoms with E-state index in [0.29, 0.717) is 133 Å². The van der Waals surface area contributed by atoms with Gasteiger partial charge < -0.3 is 46.6 Å². The lowest BCUT2D eigenvalue weighted by atomic mass is 9.99. The van der Waals surface area contributed by atoms with Crippen molar-refractivity contribution in [2.45, 2.75) is 0 Å². The molecule has 3 aliphatic heterocycles. The molecule has 510 valence electrons. The van der Waals surface area contributed by atoms with Crippen LogP contribution in [0.4, 0.5) is 63.2 Å². The third kappa shape index (κ3) is 12.7. The van der Waals surface area contributed by atoms with Crippen LogP contribution in [0.3, 0.4) is 0 Å². The summed E-state index contributed by atoms with van der Waals surface area (Å²) >= 11 is 22.4. The van der Waals surface area contributed by atoms with Crippen LogP contribution in [0.5, 0.6) is 0 Å². The molecule has 3 amide bonds. The maximum Gasteiger partial charge on any atom is 0.246 e. The van der Waals surface area contributed by atoms with E-state index in [1.54, 1.807) is 45.2 Å². The number of benzene rings is 6. The van der Waals surface area contributed by atoms with Gasteiger partial charge in [0.15, 0.2) is 38.7 Å². The maximum absolute atomic E-state index is 15.8. The number of amides is 3. The van der Waals surface area contributed by atoms with Crippen LogP contribution in [0.2, 0.25) is 15.1 Å². The molecule has 0 atom stereocenters. The minimum atomic E-state index is -1.16. The Hall–Kier alpha value is -9.97. The Kier molecular flexibility index (Phi) is 19.2. The second-order valence-corrected chi connectivity index (χ2v) is 27.3. The topological polar surface area (TPSA) is 226 Å². The summed E-state index contributed by atoms with van der Waals surface area (Å²) in [5.74, 6) is -6.41. The van der Waals surface area contributed by atoms with Gasteiger partial charge in [0, 0.05) is 175 Å². The summed E-state index contributed by atoms with van der Waals surface area (Å²) in [5.41, 5.74) is 21.6. The molecule has 6 N–H and O–H groups in total. The highest BCUT2D eigenvalue weighted by Crippen LogP contribution is 2.47. The van der Waals surface area contributed by atoms with Crippen molar-refractivity contribution < 1.29 is 45.1 Å². The standard InChI is InChI=1S/2C23H17ClF3N5OS.C23H19ClFN5OS/c1-2-16(33)32-7-5-31(6-8-32)15-3-4-29-20-11(15)9-13(24)17(19(20)27)12-10-14(25)18(26)22-21(12)30-23(28)34-22;1-2-16(33)32-7-5-31(6-8-32)15-3-4-29-20-11(15)9-12(24)17(19(20)27)18-13(25)10-14(26)22-21(18)30-23(28)34-22;1-2-20(31)30-9-7-29(8-10-30)19-5-6-27-18-12-14(16(24)11-15(18)19)13-3-4-17(25)22-21(13)28-23(26)32-22/h2*2-4,9-10H,1,5-8H2,(H2,28,30);2-6,11-12H,1,7-10H2,(H2,26,28). The van der Waals surface area contributed by atoms with Gasteiger partial charge in [-0.1, -0.05) is 88.5 Å². The molecular weight excluding hydrogens is 1420 g/mol. The average molecular weight is 1480 g/mol. The highest BCUT2D eigenvalue weighted by molar-refractivity contribution is 7.22. The van der Waals surface area contributed by atoms with Crippen LogP contribution in [0, 0.1) is 40.7 Å². The smallest absolute Gasteiger partial charge is 0.246 e. The van der Waals surface area contributed by atoms with E-state index in [1.165, 1.54) is 42.8 Å². The van der Waals surface area contributed by atoms with Crippen LogP contribution >= 0.6 is 68.8 Å². The fraction of sp³-hybridized carbons (Fsp3) is 0.174. The van der Waals surface area contributed by atoms with Crippen molar-refractivity contribution in [3.8, 4) is 33.4 Å². The van der Waals surface area contributed by atoms with Crippen LogP contribution in [0.25, 0.3) is 96.7 Å². The molecule has 12 aromatic rings. The van der Waals surface area contributed by atoms with E-state index in [2.05, 4.69) is 54.5 Å². The number of thiazole rings is 3. The number of rotatable bonds is 9. The molecule has 0 aliphatic carbocycles. The monoisotopic (exact) mass is 1470 g/mol. The van der Waals surface area contributed by atoms with Gasteiger partial charge in [-0.2, -0.15) is 0 Å². The first-order valence-electron chi connectivity index (χ1n) is 30.6. The molecule has 0 bridgehead atoms. The minimum absolute atomic E-state index is 0.00130. The first kappa shape index (κ1) is 68.5. The summed E-state index contributed by atoms with van der Waals surface area (Å²) in [7, 11) is 0. The van der Waals surface area contributed by atoms with Crippen molar-refractivity contribution >= 4 is 182 Å². The number of carbonyl (C=O) groups excluding carboxylic acids is 3. The van der Waals surface area contributed by atoms with Crippen molar-refractivity contribution in [2.24, 2.45) is 0 Å². The summed E-state index contributed by atoms with van der Waals surface area (Å²) in [6.45, 7) is 17.3. The van der Waals surface area contributed by atoms with Gasteiger partial charge in [-0.05, 0) is 78.9 Å². The molecule has 6 aromatic heterocycles. The van der Waals surface area contributed by atoms with Gasteiger partial charge >= 0.3 is 0 Å². The average Bonchev–Trinajstić information content (AvgIpc) is 1.23. The Labute approximate surface area is 591 Å². The molecule has 31 heteroatoms. The lowest BCUT2D eigenvalue weighted by Crippen LogP contribution is -2.48. The zero-order chi connectivity index (χ0) is 70.7. The van der Waals surface area contributed by atoms with E-state index >= 15 is 8.78 Å². The number of fused-ring (bicyclic) bond motifs is 6. The molecule has 6 aromatic carbocycles. The molecule has 15 rings (SSSR count). The van der Waals surface area contributed by atoms with E-state index in [0.717, 1.165) is 62.2 Å². The molecule has 9 heterocycles. The Bertz CT molecular complexity index is 5390. The van der Waals surface area contributed by atoms with Crippen LogP contribution in [0.15, 0.2) is 123 Å². The lowest BCUT2D eigenvalue weighted by Gasteiger charge is -2.36. The lowest BCUT2D eigenvalue weighted by molar-refractivity contribution is -0.127. The number of aromatic nitrogens is 6. The van der Waals surface area contributed by atoms with Crippen molar-refractivity contribution in [2.75, 3.05) is 110 Å². The van der Waals surface area contributed by atoms with Gasteiger partial charge in [-0.3, -0.25) is 29.3 Å². The Morgan fingerprint density at radius 2 is 0.820 bits per heavy atom. The predicted molar refractivity (Wildman–Crippen MR) is 386 cm³/mol. The molecule has 0 spiro atoms. The van der Waals surface area contributed by atoms with Gasteiger partial charge in [-0.15, -0.1) is 0 Å². The molecule has 3 saturated heterocycles. The molecule has 0 saturated carbocycles. The second kappa shape index (κ2) is 28.0. The normalized spacial score (nSPS) is 14.3. The molecule has 3 fully saturated rings. The maximum atomic E-state index is 15.8. The van der Waals surface area contributed by atoms with E-state index in [1.807, 2.05) is 28.0 Å². The van der Waals surface area contributed by atoms with Gasteiger partial charge in [0.05, 0.1) is 46.2 Å². The Balaban J connectivity index is 0.000000134. The summed E-state index contributed by atoms with van der Waals surface area (Å²) < 4.78 is 104. The van der Waals surface area contributed by atoms with Gasteiger partial charge in [0.2, 0.25) is 17.7 Å². The first-order valence-corrected chi connectivity index (χ1v) is 34.2. The van der Waals surface area contributed by atoms with Gasteiger partial charge in [-0.25, -0.2) is 45.7 Å². The number of hydrogen-bond donors (Lipinski definition) is 3. The van der Waals surface area contributed by atoms with Crippen LogP contribution < -0.4 is 31.9 Å². The van der Waals surface area contributed by atoms with Gasteiger partial charge in [0.1, 0.15) is 28.5 Å². The van der Waals surface area contributed by atoms with Crippen LogP contribution in [-0.2, 0) is 14.4 Å². The summed E-state index contributed by atoms with van der Waals surface area (Å²) in [6.07, 6.45) is 8.59. The molecule has 100 heavy (non-hydrogen) atoms. The number of hydrogen-bond acceptors (Lipinski definition) is 18. The SMILES string of the molecule is C=CC(=O)N1CCN(c2ccnc3c(F)c(-c4c(F)cc(F)c5sc(N)nc45)c(Cl)cc23)CC1.C=CC(=O)N1CCN(c2ccnc3c(F)c(-c4cc(F)c(F)c5sc(N)nc45)c(Cl)cc23)CC1.C=CC(=O)N1CCN(c2ccnc3cc(-c4ccc(F)c5sc(N)nc45)c(Cl)cc23)CC1. The number of carbonyl (C=O) groups is 3. The first-order chi connectivity index (χ1) is 48.0. The molecule has 0 radical (unpaired) electrons. The third-order valence-corrected chi connectivity index (χ3v) is 21.0. The predicted octanol–water partition coefficient (Wildman–Crippen LogP) is 14.7. The quantitative estimate of drug-likeness (QED) is 0.0902. The zero-order valence-corrected chi connectivity index (χ0v) is 57.0. The summed E-state index contributed by atoms with van der Waals surface area (Å²) in [6, 6.07) is 16.9. The van der Waals surface area contributed by atoms with Crippen LogP contribution in [0.1, 0.15) is 0 Å². The fourth-order valence-electron chi connectivity index (χ4n) is 12.7. The van der Waals surface area contributed by atoms with E-state index in [9.17, 15) is 36.3 Å². The third-order valence-electron chi connectivity index (χ3n) is 17.4. The van der Waals surface area contributed by atoms with Crippen LogP contribution in [-0.4, -0.2) is 141 Å². The highest BCUT2D eigenvalue weighted by atomic mass is 35.5. The number of nitrogens with two attached hydrogens (primary N) is 3. The number of nitrogen functional groups attached to an aromatic ring is 3. The highest BCUT2D eigenvalue weighted by Gasteiger charge is 2.31. The van der Waals surface area contributed by atoms with E-state index in [4.69, 9.17) is 52.0 Å².